The normalized spacial score (nSPS) is 16.2. The van der Waals surface area contributed by atoms with E-state index < -0.39 is 17.0 Å². The standard InChI is InChI=1S/C33H33Cl3F2N4O2S/c1-33(2,20-6-8-24(34)26(36)14-20)30-16-39-32(41(30)22-7-9-27(37)29(15-22)44-5)45-18-23-25(35)12-19(13-28(23)38)31(43)40-21-10-11-42(3,4)17-21/h6-9,12-16,21H,10-11,17-18H2,1-5H3/p+1/t21-/m0/s1. The van der Waals surface area contributed by atoms with Crippen LogP contribution in [0.1, 0.15) is 47.4 Å². The number of quaternary nitrogens is 1. The maximum atomic E-state index is 15.5. The van der Waals surface area contributed by atoms with Gasteiger partial charge < -0.3 is 14.5 Å². The van der Waals surface area contributed by atoms with Gasteiger partial charge in [0.05, 0.1) is 68.0 Å². The maximum Gasteiger partial charge on any atom is 0.251 e. The van der Waals surface area contributed by atoms with Crippen molar-refractivity contribution in [1.29, 1.82) is 0 Å². The lowest BCUT2D eigenvalue weighted by atomic mass is 9.81. The minimum atomic E-state index is -0.632. The highest BCUT2D eigenvalue weighted by Gasteiger charge is 2.33. The highest BCUT2D eigenvalue weighted by molar-refractivity contribution is 7.98. The quantitative estimate of drug-likeness (QED) is 0.142. The van der Waals surface area contributed by atoms with Gasteiger partial charge in [-0.3, -0.25) is 9.36 Å². The number of nitrogens with one attached hydrogen (secondary N) is 1. The molecule has 0 unspecified atom stereocenters. The number of benzene rings is 3. The number of likely N-dealkylation sites (N-methyl/N-ethyl adjacent to an activating group) is 1. The third-order valence-electron chi connectivity index (χ3n) is 8.29. The second-order valence-corrected chi connectivity index (χ2v) is 14.5. The van der Waals surface area contributed by atoms with Crippen molar-refractivity contribution in [2.45, 2.75) is 42.6 Å². The van der Waals surface area contributed by atoms with Crippen LogP contribution in [0.5, 0.6) is 5.75 Å². The summed E-state index contributed by atoms with van der Waals surface area (Å²) in [6, 6.07) is 12.7. The lowest BCUT2D eigenvalue weighted by molar-refractivity contribution is -0.878. The molecule has 1 atom stereocenters. The van der Waals surface area contributed by atoms with Crippen molar-refractivity contribution >= 4 is 52.5 Å². The Bertz CT molecular complexity index is 1740. The number of amides is 1. The summed E-state index contributed by atoms with van der Waals surface area (Å²) in [5.74, 6) is -1.24. The van der Waals surface area contributed by atoms with Crippen LogP contribution in [0, 0.1) is 11.6 Å². The third-order valence-corrected chi connectivity index (χ3v) is 10.3. The van der Waals surface area contributed by atoms with Crippen LogP contribution in [0.2, 0.25) is 15.1 Å². The first-order valence-corrected chi connectivity index (χ1v) is 16.4. The molecule has 2 heterocycles. The molecule has 3 aromatic carbocycles. The molecule has 45 heavy (non-hydrogen) atoms. The van der Waals surface area contributed by atoms with Crippen molar-refractivity contribution < 1.29 is 22.8 Å². The van der Waals surface area contributed by atoms with E-state index in [4.69, 9.17) is 44.5 Å². The van der Waals surface area contributed by atoms with E-state index in [2.05, 4.69) is 19.4 Å². The number of ether oxygens (including phenoxy) is 1. The van der Waals surface area contributed by atoms with Crippen LogP contribution in [-0.4, -0.2) is 60.3 Å². The number of nitrogens with zero attached hydrogens (tertiary/aromatic N) is 3. The Hall–Kier alpha value is -2.82. The molecule has 1 aliphatic rings. The van der Waals surface area contributed by atoms with Crippen molar-refractivity contribution in [3.63, 3.8) is 0 Å². The van der Waals surface area contributed by atoms with Crippen LogP contribution in [0.3, 0.4) is 0 Å². The summed E-state index contributed by atoms with van der Waals surface area (Å²) in [7, 11) is 5.63. The highest BCUT2D eigenvalue weighted by Crippen LogP contribution is 2.40. The molecule has 4 aromatic rings. The zero-order valence-corrected chi connectivity index (χ0v) is 28.6. The number of hydrogen-bond acceptors (Lipinski definition) is 4. The van der Waals surface area contributed by atoms with Gasteiger partial charge in [0, 0.05) is 39.8 Å². The number of carbonyl (C=O) groups is 1. The summed E-state index contributed by atoms with van der Waals surface area (Å²) in [4.78, 5) is 17.6. The Morgan fingerprint density at radius 2 is 1.82 bits per heavy atom. The van der Waals surface area contributed by atoms with Crippen molar-refractivity contribution in [1.82, 2.24) is 14.9 Å². The molecule has 0 aliphatic carbocycles. The number of aromatic nitrogens is 2. The Morgan fingerprint density at radius 3 is 2.47 bits per heavy atom. The number of thioether (sulfide) groups is 1. The topological polar surface area (TPSA) is 56.2 Å². The van der Waals surface area contributed by atoms with E-state index in [1.54, 1.807) is 30.5 Å². The number of imidazole rings is 1. The summed E-state index contributed by atoms with van der Waals surface area (Å²) in [5.41, 5.74) is 2.04. The molecule has 1 N–H and O–H groups in total. The summed E-state index contributed by atoms with van der Waals surface area (Å²) in [5, 5.41) is 4.53. The zero-order valence-electron chi connectivity index (χ0n) is 25.6. The van der Waals surface area contributed by atoms with Crippen molar-refractivity contribution in [2.24, 2.45) is 0 Å². The van der Waals surface area contributed by atoms with Crippen molar-refractivity contribution in [3.8, 4) is 11.4 Å². The Morgan fingerprint density at radius 1 is 1.07 bits per heavy atom. The van der Waals surface area contributed by atoms with Crippen molar-refractivity contribution in [2.75, 3.05) is 34.3 Å². The lowest BCUT2D eigenvalue weighted by Gasteiger charge is -2.28. The molecule has 0 bridgehead atoms. The van der Waals surface area contributed by atoms with Gasteiger partial charge in [0.1, 0.15) is 5.82 Å². The van der Waals surface area contributed by atoms with E-state index >= 15 is 4.39 Å². The van der Waals surface area contributed by atoms with Gasteiger partial charge in [-0.05, 0) is 42.0 Å². The molecule has 1 fully saturated rings. The predicted octanol–water partition coefficient (Wildman–Crippen LogP) is 8.32. The van der Waals surface area contributed by atoms with E-state index in [9.17, 15) is 9.18 Å². The number of rotatable bonds is 9. The smallest absolute Gasteiger partial charge is 0.251 e. The fraction of sp³-hybridized carbons (Fsp3) is 0.333. The molecule has 0 spiro atoms. The average molecular weight is 695 g/mol. The van der Waals surface area contributed by atoms with Gasteiger partial charge in [-0.1, -0.05) is 66.5 Å². The second kappa shape index (κ2) is 13.1. The molecule has 1 amide bonds. The molecule has 0 saturated carbocycles. The minimum Gasteiger partial charge on any atom is -0.494 e. The number of hydrogen-bond donors (Lipinski definition) is 1. The first kappa shape index (κ1) is 33.5. The van der Waals surface area contributed by atoms with E-state index in [1.807, 2.05) is 24.5 Å². The zero-order chi connectivity index (χ0) is 32.7. The summed E-state index contributed by atoms with van der Waals surface area (Å²) in [6.45, 7) is 5.80. The largest absolute Gasteiger partial charge is 0.494 e. The molecular formula is C33H34Cl3F2N4O2S+. The number of halogens is 5. The minimum absolute atomic E-state index is 0.0239. The second-order valence-electron chi connectivity index (χ2n) is 12.3. The first-order chi connectivity index (χ1) is 21.2. The highest BCUT2D eigenvalue weighted by atomic mass is 35.5. The third kappa shape index (κ3) is 7.13. The summed E-state index contributed by atoms with van der Waals surface area (Å²) in [6.07, 6.45) is 2.59. The van der Waals surface area contributed by atoms with Gasteiger partial charge in [-0.25, -0.2) is 13.8 Å². The monoisotopic (exact) mass is 693 g/mol. The molecule has 238 valence electrons. The predicted molar refractivity (Wildman–Crippen MR) is 177 cm³/mol. The molecular weight excluding hydrogens is 661 g/mol. The summed E-state index contributed by atoms with van der Waals surface area (Å²) < 4.78 is 37.9. The number of likely N-dealkylation sites (tertiary alicyclic amines) is 1. The number of methoxy groups -OCH3 is 1. The fourth-order valence-electron chi connectivity index (χ4n) is 5.63. The van der Waals surface area contributed by atoms with E-state index in [0.29, 0.717) is 20.9 Å². The Balaban J connectivity index is 1.46. The van der Waals surface area contributed by atoms with Gasteiger partial charge in [0.2, 0.25) is 0 Å². The summed E-state index contributed by atoms with van der Waals surface area (Å²) >= 11 is 20.4. The van der Waals surface area contributed by atoms with Gasteiger partial charge in [0.15, 0.2) is 16.7 Å². The molecule has 12 heteroatoms. The average Bonchev–Trinajstić information content (AvgIpc) is 3.56. The number of carbonyl (C=O) groups excluding carboxylic acids is 1. The van der Waals surface area contributed by atoms with Gasteiger partial charge in [-0.15, -0.1) is 0 Å². The molecule has 1 saturated heterocycles. The van der Waals surface area contributed by atoms with E-state index in [-0.39, 0.29) is 39.6 Å². The van der Waals surface area contributed by atoms with Gasteiger partial charge in [-0.2, -0.15) is 0 Å². The van der Waals surface area contributed by atoms with Crippen LogP contribution < -0.4 is 10.1 Å². The molecule has 1 aromatic heterocycles. The first-order valence-electron chi connectivity index (χ1n) is 14.3. The fourth-order valence-corrected chi connectivity index (χ4v) is 7.31. The lowest BCUT2D eigenvalue weighted by Crippen LogP contribution is -2.42. The van der Waals surface area contributed by atoms with E-state index in [0.717, 1.165) is 35.3 Å². The SMILES string of the molecule is COc1cc(-n2c(C(C)(C)c3ccc(Cl)c(Cl)c3)cnc2SCc2c(F)cc(C(=O)N[C@H]3CC[N+](C)(C)C3)cc2Cl)ccc1F. The van der Waals surface area contributed by atoms with Crippen LogP contribution in [0.4, 0.5) is 8.78 Å². The molecule has 0 radical (unpaired) electrons. The molecule has 5 rings (SSSR count). The van der Waals surface area contributed by atoms with Crippen molar-refractivity contribution in [3.05, 3.63) is 104 Å². The van der Waals surface area contributed by atoms with Gasteiger partial charge in [0.25, 0.3) is 5.91 Å². The molecule has 6 nitrogen and oxygen atoms in total. The Kier molecular flexibility index (Phi) is 9.78. The van der Waals surface area contributed by atoms with Crippen LogP contribution in [0.25, 0.3) is 5.69 Å². The molecule has 1 aliphatic heterocycles. The van der Waals surface area contributed by atoms with E-state index in [1.165, 1.54) is 37.1 Å². The van der Waals surface area contributed by atoms with Crippen LogP contribution >= 0.6 is 46.6 Å². The van der Waals surface area contributed by atoms with Crippen LogP contribution in [-0.2, 0) is 11.2 Å². The van der Waals surface area contributed by atoms with Gasteiger partial charge >= 0.3 is 0 Å². The van der Waals surface area contributed by atoms with Crippen LogP contribution in [0.15, 0.2) is 59.9 Å². The maximum absolute atomic E-state index is 15.5. The Labute approximate surface area is 281 Å².